The van der Waals surface area contributed by atoms with Gasteiger partial charge in [-0.25, -0.2) is 13.6 Å². The van der Waals surface area contributed by atoms with Crippen LogP contribution in [-0.2, 0) is 23.1 Å². The Labute approximate surface area is 186 Å². The Morgan fingerprint density at radius 2 is 1.85 bits per heavy atom. The predicted molar refractivity (Wildman–Crippen MR) is 102 cm³/mol. The molecule has 1 aromatic heterocycles. The second-order valence-corrected chi connectivity index (χ2v) is 7.67. The molecular weight excluding hydrogens is 475 g/mol. The molecule has 3 amide bonds. The van der Waals surface area contributed by atoms with E-state index < -0.39 is 58.6 Å². The van der Waals surface area contributed by atoms with Gasteiger partial charge in [0, 0.05) is 10.6 Å². The highest BCUT2D eigenvalue weighted by Gasteiger charge is 2.51. The van der Waals surface area contributed by atoms with Crippen molar-refractivity contribution in [1.82, 2.24) is 30.4 Å². The minimum Gasteiger partial charge on any atom is -0.319 e. The van der Waals surface area contributed by atoms with Crippen LogP contribution in [0.4, 0.5) is 26.7 Å². The molecule has 1 aliphatic heterocycles. The van der Waals surface area contributed by atoms with Crippen LogP contribution in [-0.4, -0.2) is 37.0 Å². The first-order chi connectivity index (χ1) is 15.4. The number of hydrogen-bond acceptors (Lipinski definition) is 5. The fourth-order valence-corrected chi connectivity index (χ4v) is 3.63. The lowest BCUT2D eigenvalue weighted by atomic mass is 9.91. The standard InChI is InChI=1S/C19H12ClF5N6O2/c1-18(11-7-10(21)3-4-13(11)22)16(32)30(17(33)26-18)8-15-27-28-29-31(15)14-5-2-9(20)6-12(14)19(23,24)25/h2-7H,8H2,1H3,(H,26,33). The molecule has 2 heterocycles. The van der Waals surface area contributed by atoms with Crippen LogP contribution in [0.1, 0.15) is 23.9 Å². The zero-order valence-corrected chi connectivity index (χ0v) is 17.2. The maximum atomic E-state index is 14.3. The van der Waals surface area contributed by atoms with Crippen molar-refractivity contribution in [2.24, 2.45) is 0 Å². The van der Waals surface area contributed by atoms with Crippen molar-refractivity contribution >= 4 is 23.5 Å². The zero-order valence-electron chi connectivity index (χ0n) is 16.5. The number of urea groups is 1. The van der Waals surface area contributed by atoms with E-state index in [2.05, 4.69) is 20.8 Å². The number of amides is 3. The zero-order chi connectivity index (χ0) is 24.1. The number of nitrogens with one attached hydrogen (secondary N) is 1. The molecule has 0 bridgehead atoms. The molecule has 0 radical (unpaired) electrons. The SMILES string of the molecule is CC1(c2cc(F)ccc2F)NC(=O)N(Cc2nnnn2-c2ccc(Cl)cc2C(F)(F)F)C1=O. The summed E-state index contributed by atoms with van der Waals surface area (Å²) in [4.78, 5) is 26.1. The summed E-state index contributed by atoms with van der Waals surface area (Å²) in [6.07, 6.45) is -4.81. The fraction of sp³-hybridized carbons (Fsp3) is 0.211. The van der Waals surface area contributed by atoms with E-state index in [9.17, 15) is 31.5 Å². The van der Waals surface area contributed by atoms with Crippen LogP contribution in [0.15, 0.2) is 36.4 Å². The Kier molecular flexibility index (Phi) is 5.31. The van der Waals surface area contributed by atoms with E-state index >= 15 is 0 Å². The molecule has 1 saturated heterocycles. The molecule has 3 aromatic rings. The Morgan fingerprint density at radius 1 is 1.12 bits per heavy atom. The van der Waals surface area contributed by atoms with E-state index in [-0.39, 0.29) is 10.8 Å². The molecule has 0 spiro atoms. The number of benzene rings is 2. The highest BCUT2D eigenvalue weighted by Crippen LogP contribution is 2.36. The fourth-order valence-electron chi connectivity index (χ4n) is 3.46. The predicted octanol–water partition coefficient (Wildman–Crippen LogP) is 3.58. The molecule has 8 nitrogen and oxygen atoms in total. The van der Waals surface area contributed by atoms with Gasteiger partial charge in [0.05, 0.1) is 17.8 Å². The number of halogens is 6. The minimum atomic E-state index is -4.81. The van der Waals surface area contributed by atoms with Crippen LogP contribution < -0.4 is 5.32 Å². The molecule has 0 saturated carbocycles. The highest BCUT2D eigenvalue weighted by atomic mass is 35.5. The Bertz CT molecular complexity index is 1280. The second kappa shape index (κ2) is 7.76. The Hall–Kier alpha value is -3.61. The van der Waals surface area contributed by atoms with Crippen LogP contribution >= 0.6 is 11.6 Å². The van der Waals surface area contributed by atoms with Crippen LogP contribution in [0.5, 0.6) is 0 Å². The third-order valence-electron chi connectivity index (χ3n) is 5.07. The van der Waals surface area contributed by atoms with Gasteiger partial charge in [0.25, 0.3) is 5.91 Å². The van der Waals surface area contributed by atoms with Gasteiger partial charge in [-0.3, -0.25) is 9.69 Å². The van der Waals surface area contributed by atoms with Gasteiger partial charge in [0.2, 0.25) is 0 Å². The van der Waals surface area contributed by atoms with E-state index in [1.54, 1.807) is 0 Å². The third kappa shape index (κ3) is 3.88. The number of nitrogens with zero attached hydrogens (tertiary/aromatic N) is 5. The molecule has 14 heteroatoms. The number of imide groups is 1. The summed E-state index contributed by atoms with van der Waals surface area (Å²) in [5.74, 6) is -3.04. The maximum absolute atomic E-state index is 14.3. The van der Waals surface area contributed by atoms with E-state index in [4.69, 9.17) is 11.6 Å². The number of aromatic nitrogens is 4. The van der Waals surface area contributed by atoms with Crippen molar-refractivity contribution < 1.29 is 31.5 Å². The normalized spacial score (nSPS) is 18.7. The summed E-state index contributed by atoms with van der Waals surface area (Å²) in [6, 6.07) is 4.33. The third-order valence-corrected chi connectivity index (χ3v) is 5.30. The first-order valence-corrected chi connectivity index (χ1v) is 9.53. The van der Waals surface area contributed by atoms with Gasteiger partial charge in [0.15, 0.2) is 5.82 Å². The summed E-state index contributed by atoms with van der Waals surface area (Å²) >= 11 is 5.69. The Balaban J connectivity index is 1.71. The minimum absolute atomic E-state index is 0.178. The van der Waals surface area contributed by atoms with Gasteiger partial charge in [-0.1, -0.05) is 11.6 Å². The second-order valence-electron chi connectivity index (χ2n) is 7.24. The summed E-state index contributed by atoms with van der Waals surface area (Å²) < 4.78 is 69.2. The number of rotatable bonds is 4. The molecule has 2 aromatic carbocycles. The van der Waals surface area contributed by atoms with E-state index in [1.807, 2.05) is 0 Å². The molecule has 4 rings (SSSR count). The molecule has 1 N–H and O–H groups in total. The lowest BCUT2D eigenvalue weighted by Crippen LogP contribution is -2.41. The quantitative estimate of drug-likeness (QED) is 0.449. The van der Waals surface area contributed by atoms with Crippen molar-refractivity contribution in [3.05, 3.63) is 70.0 Å². The van der Waals surface area contributed by atoms with Crippen molar-refractivity contribution in [1.29, 1.82) is 0 Å². The van der Waals surface area contributed by atoms with Crippen LogP contribution in [0.25, 0.3) is 5.69 Å². The molecule has 1 atom stereocenters. The maximum Gasteiger partial charge on any atom is 0.418 e. The van der Waals surface area contributed by atoms with Crippen LogP contribution in [0.3, 0.4) is 0 Å². The number of alkyl halides is 3. The first-order valence-electron chi connectivity index (χ1n) is 9.16. The average Bonchev–Trinajstić information content (AvgIpc) is 3.28. The summed E-state index contributed by atoms with van der Waals surface area (Å²) in [5, 5.41) is 12.6. The number of carbonyl (C=O) groups excluding carboxylic acids is 2. The largest absolute Gasteiger partial charge is 0.418 e. The number of hydrogen-bond donors (Lipinski definition) is 1. The smallest absolute Gasteiger partial charge is 0.319 e. The van der Waals surface area contributed by atoms with Gasteiger partial charge < -0.3 is 5.32 Å². The van der Waals surface area contributed by atoms with Gasteiger partial charge in [0.1, 0.15) is 17.2 Å². The van der Waals surface area contributed by atoms with Crippen molar-refractivity contribution in [3.63, 3.8) is 0 Å². The van der Waals surface area contributed by atoms with Crippen LogP contribution in [0.2, 0.25) is 5.02 Å². The van der Waals surface area contributed by atoms with Crippen molar-refractivity contribution in [2.45, 2.75) is 25.2 Å². The van der Waals surface area contributed by atoms with Gasteiger partial charge in [-0.2, -0.15) is 17.9 Å². The van der Waals surface area contributed by atoms with Crippen molar-refractivity contribution in [2.75, 3.05) is 0 Å². The molecule has 1 fully saturated rings. The van der Waals surface area contributed by atoms with Gasteiger partial charge >= 0.3 is 12.2 Å². The molecule has 172 valence electrons. The lowest BCUT2D eigenvalue weighted by Gasteiger charge is -2.22. The molecule has 33 heavy (non-hydrogen) atoms. The molecule has 1 aliphatic rings. The average molecular weight is 487 g/mol. The molecule has 1 unspecified atom stereocenters. The van der Waals surface area contributed by atoms with Crippen molar-refractivity contribution in [3.8, 4) is 5.69 Å². The lowest BCUT2D eigenvalue weighted by molar-refractivity contribution is -0.137. The van der Waals surface area contributed by atoms with Gasteiger partial charge in [-0.15, -0.1) is 5.10 Å². The highest BCUT2D eigenvalue weighted by molar-refractivity contribution is 6.30. The summed E-state index contributed by atoms with van der Waals surface area (Å²) in [5.41, 5.74) is -4.01. The Morgan fingerprint density at radius 3 is 2.55 bits per heavy atom. The summed E-state index contributed by atoms with van der Waals surface area (Å²) in [6.45, 7) is 0.527. The van der Waals surface area contributed by atoms with E-state index in [1.165, 1.54) is 13.0 Å². The van der Waals surface area contributed by atoms with E-state index in [0.717, 1.165) is 24.3 Å². The number of carbonyl (C=O) groups is 2. The van der Waals surface area contributed by atoms with E-state index in [0.29, 0.717) is 15.6 Å². The van der Waals surface area contributed by atoms with Crippen LogP contribution in [0, 0.1) is 11.6 Å². The monoisotopic (exact) mass is 486 g/mol. The number of tetrazole rings is 1. The molecule has 0 aliphatic carbocycles. The topological polar surface area (TPSA) is 93.0 Å². The first kappa shape index (κ1) is 22.6. The van der Waals surface area contributed by atoms with Gasteiger partial charge in [-0.05, 0) is 53.7 Å². The summed E-state index contributed by atoms with van der Waals surface area (Å²) in [7, 11) is 0. The molecular formula is C19H12ClF5N6O2.